The summed E-state index contributed by atoms with van der Waals surface area (Å²) >= 11 is 0. The second-order valence-corrected chi connectivity index (χ2v) is 9.70. The van der Waals surface area contributed by atoms with Gasteiger partial charge in [0.2, 0.25) is 0 Å². The molecule has 1 aliphatic rings. The van der Waals surface area contributed by atoms with Gasteiger partial charge in [-0.3, -0.25) is 9.59 Å². The molecule has 1 aliphatic heterocycles. The van der Waals surface area contributed by atoms with Crippen LogP contribution in [0.2, 0.25) is 0 Å². The first kappa shape index (κ1) is 22.6. The molecule has 8 heteroatoms. The van der Waals surface area contributed by atoms with Crippen molar-refractivity contribution < 1.29 is 18.0 Å². The van der Waals surface area contributed by atoms with Gasteiger partial charge in [-0.1, -0.05) is 20.8 Å². The zero-order valence-corrected chi connectivity index (χ0v) is 18.5. The van der Waals surface area contributed by atoms with Crippen LogP contribution < -0.4 is 0 Å². The lowest BCUT2D eigenvalue weighted by molar-refractivity contribution is 0.0668. The first-order chi connectivity index (χ1) is 13.1. The molecule has 2 rings (SSSR count). The molecule has 28 heavy (non-hydrogen) atoms. The van der Waals surface area contributed by atoms with E-state index in [0.717, 1.165) is 18.7 Å². The van der Waals surface area contributed by atoms with E-state index in [9.17, 15) is 18.0 Å². The standard InChI is InChI=1S/C20H33N3O4S/c1-6-17-18(15(5)24)14(4)21-19(17)20(25)23(11-10-22(7-2)8-3)16-9-12-28(26,27)13-16/h16,21H,6-13H2,1-5H3. The summed E-state index contributed by atoms with van der Waals surface area (Å²) in [7, 11) is -3.11. The highest BCUT2D eigenvalue weighted by atomic mass is 32.2. The number of aryl methyl sites for hydroxylation is 1. The average molecular weight is 412 g/mol. The van der Waals surface area contributed by atoms with Crippen LogP contribution in [0.3, 0.4) is 0 Å². The van der Waals surface area contributed by atoms with E-state index >= 15 is 0 Å². The molecule has 0 bridgehead atoms. The zero-order valence-electron chi connectivity index (χ0n) is 17.7. The minimum absolute atomic E-state index is 0.0116. The second kappa shape index (κ2) is 9.22. The lowest BCUT2D eigenvalue weighted by Gasteiger charge is -2.31. The van der Waals surface area contributed by atoms with Crippen LogP contribution in [-0.4, -0.2) is 78.6 Å². The molecule has 2 heterocycles. The Hall–Kier alpha value is -1.67. The van der Waals surface area contributed by atoms with Crippen molar-refractivity contribution in [3.8, 4) is 0 Å². The summed E-state index contributed by atoms with van der Waals surface area (Å²) in [5.41, 5.74) is 2.42. The van der Waals surface area contributed by atoms with E-state index in [2.05, 4.69) is 23.7 Å². The summed E-state index contributed by atoms with van der Waals surface area (Å²) in [6, 6.07) is -0.317. The Morgan fingerprint density at radius 3 is 2.25 bits per heavy atom. The van der Waals surface area contributed by atoms with Gasteiger partial charge in [-0.05, 0) is 45.3 Å². The van der Waals surface area contributed by atoms with Crippen LogP contribution in [-0.2, 0) is 16.3 Å². The molecule has 1 atom stereocenters. The summed E-state index contributed by atoms with van der Waals surface area (Å²) in [6.45, 7) is 12.3. The van der Waals surface area contributed by atoms with Crippen molar-refractivity contribution in [3.63, 3.8) is 0 Å². The van der Waals surface area contributed by atoms with Crippen molar-refractivity contribution in [2.24, 2.45) is 0 Å². The molecule has 1 aromatic rings. The number of carbonyl (C=O) groups excluding carboxylic acids is 2. The fourth-order valence-corrected chi connectivity index (χ4v) is 5.82. The molecular weight excluding hydrogens is 378 g/mol. The molecule has 0 saturated carbocycles. The molecule has 1 unspecified atom stereocenters. The Bertz CT molecular complexity index is 825. The number of nitrogens with zero attached hydrogens (tertiary/aromatic N) is 2. The Morgan fingerprint density at radius 2 is 1.79 bits per heavy atom. The largest absolute Gasteiger partial charge is 0.354 e. The SMILES string of the molecule is CCc1c(C(=O)N(CCN(CC)CC)C2CCS(=O)(=O)C2)[nH]c(C)c1C(C)=O. The third-order valence-corrected chi connectivity index (χ3v) is 7.42. The number of rotatable bonds is 9. The second-order valence-electron chi connectivity index (χ2n) is 7.47. The summed E-state index contributed by atoms with van der Waals surface area (Å²) in [6.07, 6.45) is 1.03. The van der Waals surface area contributed by atoms with Gasteiger partial charge in [-0.15, -0.1) is 0 Å². The highest BCUT2D eigenvalue weighted by Crippen LogP contribution is 2.25. The van der Waals surface area contributed by atoms with Gasteiger partial charge < -0.3 is 14.8 Å². The van der Waals surface area contributed by atoms with Crippen LogP contribution in [0.4, 0.5) is 0 Å². The maximum atomic E-state index is 13.5. The van der Waals surface area contributed by atoms with E-state index in [4.69, 9.17) is 0 Å². The summed E-state index contributed by atoms with van der Waals surface area (Å²) < 4.78 is 24.0. The quantitative estimate of drug-likeness (QED) is 0.628. The number of amides is 1. The molecule has 0 radical (unpaired) electrons. The number of nitrogens with one attached hydrogen (secondary N) is 1. The van der Waals surface area contributed by atoms with Gasteiger partial charge in [0.25, 0.3) is 5.91 Å². The van der Waals surface area contributed by atoms with Crippen LogP contribution in [0.5, 0.6) is 0 Å². The highest BCUT2D eigenvalue weighted by Gasteiger charge is 2.36. The Balaban J connectivity index is 2.38. The third kappa shape index (κ3) is 4.84. The van der Waals surface area contributed by atoms with E-state index in [1.54, 1.807) is 11.8 Å². The molecule has 0 spiro atoms. The fraction of sp³-hybridized carbons (Fsp3) is 0.700. The maximum absolute atomic E-state index is 13.5. The number of aromatic nitrogens is 1. The number of H-pyrrole nitrogens is 1. The smallest absolute Gasteiger partial charge is 0.270 e. The monoisotopic (exact) mass is 411 g/mol. The number of likely N-dealkylation sites (N-methyl/N-ethyl adjacent to an activating group) is 1. The molecule has 0 aromatic carbocycles. The molecule has 1 fully saturated rings. The molecule has 0 aliphatic carbocycles. The Morgan fingerprint density at radius 1 is 1.14 bits per heavy atom. The predicted octanol–water partition coefficient (Wildman–Crippen LogP) is 2.06. The molecule has 1 saturated heterocycles. The van der Waals surface area contributed by atoms with E-state index in [0.29, 0.717) is 42.9 Å². The fourth-order valence-electron chi connectivity index (χ4n) is 4.09. The van der Waals surface area contributed by atoms with E-state index in [1.807, 2.05) is 6.92 Å². The Kier molecular flexibility index (Phi) is 7.45. The van der Waals surface area contributed by atoms with Crippen molar-refractivity contribution in [2.75, 3.05) is 37.7 Å². The van der Waals surface area contributed by atoms with Crippen LogP contribution in [0.25, 0.3) is 0 Å². The topological polar surface area (TPSA) is 90.6 Å². The van der Waals surface area contributed by atoms with Crippen LogP contribution in [0, 0.1) is 6.92 Å². The van der Waals surface area contributed by atoms with Crippen molar-refractivity contribution in [2.45, 2.75) is 53.5 Å². The number of Topliss-reactive ketones (excluding diaryl/α,β-unsaturated/α-hetero) is 1. The number of aromatic amines is 1. The van der Waals surface area contributed by atoms with Crippen LogP contribution in [0.1, 0.15) is 66.2 Å². The van der Waals surface area contributed by atoms with Crippen molar-refractivity contribution in [1.29, 1.82) is 0 Å². The lowest BCUT2D eigenvalue weighted by Crippen LogP contribution is -2.45. The van der Waals surface area contributed by atoms with Gasteiger partial charge in [-0.25, -0.2) is 8.42 Å². The number of hydrogen-bond acceptors (Lipinski definition) is 5. The van der Waals surface area contributed by atoms with Gasteiger partial charge in [0, 0.05) is 30.4 Å². The van der Waals surface area contributed by atoms with E-state index < -0.39 is 9.84 Å². The first-order valence-corrected chi connectivity index (χ1v) is 11.9. The summed E-state index contributed by atoms with van der Waals surface area (Å²) in [4.78, 5) is 32.6. The maximum Gasteiger partial charge on any atom is 0.270 e. The number of sulfone groups is 1. The van der Waals surface area contributed by atoms with E-state index in [1.165, 1.54) is 6.92 Å². The van der Waals surface area contributed by atoms with E-state index in [-0.39, 0.29) is 29.2 Å². The first-order valence-electron chi connectivity index (χ1n) is 10.1. The van der Waals surface area contributed by atoms with Gasteiger partial charge in [0.15, 0.2) is 15.6 Å². The lowest BCUT2D eigenvalue weighted by atomic mass is 10.0. The van der Waals surface area contributed by atoms with Gasteiger partial charge in [0.1, 0.15) is 5.69 Å². The minimum atomic E-state index is -3.11. The zero-order chi connectivity index (χ0) is 21.1. The van der Waals surface area contributed by atoms with Crippen molar-refractivity contribution in [1.82, 2.24) is 14.8 Å². The van der Waals surface area contributed by atoms with Crippen LogP contribution >= 0.6 is 0 Å². The number of hydrogen-bond donors (Lipinski definition) is 1. The molecular formula is C20H33N3O4S. The predicted molar refractivity (Wildman–Crippen MR) is 111 cm³/mol. The normalized spacial score (nSPS) is 18.6. The van der Waals surface area contributed by atoms with Crippen molar-refractivity contribution in [3.05, 3.63) is 22.5 Å². The Labute approximate surface area is 168 Å². The highest BCUT2D eigenvalue weighted by molar-refractivity contribution is 7.91. The third-order valence-electron chi connectivity index (χ3n) is 5.67. The minimum Gasteiger partial charge on any atom is -0.354 e. The molecule has 1 amide bonds. The summed E-state index contributed by atoms with van der Waals surface area (Å²) in [5.74, 6) is -0.141. The van der Waals surface area contributed by atoms with Gasteiger partial charge >= 0.3 is 0 Å². The van der Waals surface area contributed by atoms with Gasteiger partial charge in [0.05, 0.1) is 11.5 Å². The average Bonchev–Trinajstić information content (AvgIpc) is 3.17. The molecule has 158 valence electrons. The summed E-state index contributed by atoms with van der Waals surface area (Å²) in [5, 5.41) is 0. The number of carbonyl (C=O) groups is 2. The number of ketones is 1. The molecule has 1 aromatic heterocycles. The van der Waals surface area contributed by atoms with Crippen molar-refractivity contribution >= 4 is 21.5 Å². The molecule has 1 N–H and O–H groups in total. The van der Waals surface area contributed by atoms with Crippen LogP contribution in [0.15, 0.2) is 0 Å². The molecule has 7 nitrogen and oxygen atoms in total. The van der Waals surface area contributed by atoms with Gasteiger partial charge in [-0.2, -0.15) is 0 Å².